The zero-order valence-corrected chi connectivity index (χ0v) is 13.7. The van der Waals surface area contributed by atoms with Gasteiger partial charge in [-0.05, 0) is 45.8 Å². The highest BCUT2D eigenvalue weighted by atomic mass is 79.9. The van der Waals surface area contributed by atoms with E-state index >= 15 is 0 Å². The number of aromatic hydroxyl groups is 1. The highest BCUT2D eigenvalue weighted by molar-refractivity contribution is 9.10. The van der Waals surface area contributed by atoms with E-state index in [9.17, 15) is 19.1 Å². The van der Waals surface area contributed by atoms with Crippen molar-refractivity contribution in [1.29, 1.82) is 0 Å². The van der Waals surface area contributed by atoms with Gasteiger partial charge >= 0.3 is 5.56 Å². The van der Waals surface area contributed by atoms with Gasteiger partial charge in [-0.1, -0.05) is 12.1 Å². The molecule has 0 aliphatic rings. The summed E-state index contributed by atoms with van der Waals surface area (Å²) in [6, 6.07) is 8.81. The van der Waals surface area contributed by atoms with Gasteiger partial charge in [-0.15, -0.1) is 0 Å². The molecule has 6 nitrogen and oxygen atoms in total. The number of halogens is 2. The summed E-state index contributed by atoms with van der Waals surface area (Å²) in [6.07, 6.45) is 1.45. The van der Waals surface area contributed by atoms with Crippen molar-refractivity contribution in [3.05, 3.63) is 74.5 Å². The molecular formula is C16H11BrFN3O3. The molecule has 3 rings (SSSR count). The molecule has 0 saturated carbocycles. The van der Waals surface area contributed by atoms with Crippen molar-refractivity contribution >= 4 is 27.5 Å². The normalized spacial score (nSPS) is 10.8. The lowest BCUT2D eigenvalue weighted by Gasteiger charge is -2.08. The number of pyridine rings is 1. The molecule has 2 heterocycles. The first-order chi connectivity index (χ1) is 11.5. The first kappa shape index (κ1) is 16.1. The SMILES string of the molecule is O=C(NCc1ccc(F)cc1)c1nc2ccc(Br)cn2c(=O)c1O. The fourth-order valence-electron chi connectivity index (χ4n) is 2.13. The van der Waals surface area contributed by atoms with Crippen LogP contribution < -0.4 is 10.9 Å². The van der Waals surface area contributed by atoms with E-state index in [4.69, 9.17) is 0 Å². The number of fused-ring (bicyclic) bond motifs is 1. The first-order valence-electron chi connectivity index (χ1n) is 6.89. The molecule has 0 radical (unpaired) electrons. The Morgan fingerprint density at radius 2 is 1.96 bits per heavy atom. The third-order valence-electron chi connectivity index (χ3n) is 3.34. The number of nitrogens with zero attached hydrogens (tertiary/aromatic N) is 2. The molecule has 0 atom stereocenters. The van der Waals surface area contributed by atoms with Gasteiger partial charge in [0, 0.05) is 17.2 Å². The number of carbonyl (C=O) groups excluding carboxylic acids is 1. The number of benzene rings is 1. The molecule has 0 bridgehead atoms. The lowest BCUT2D eigenvalue weighted by atomic mass is 10.2. The molecular weight excluding hydrogens is 381 g/mol. The molecule has 0 aliphatic carbocycles. The molecule has 0 spiro atoms. The lowest BCUT2D eigenvalue weighted by molar-refractivity contribution is 0.0942. The van der Waals surface area contributed by atoms with Crippen LogP contribution in [0.4, 0.5) is 4.39 Å². The topological polar surface area (TPSA) is 83.7 Å². The van der Waals surface area contributed by atoms with Crippen LogP contribution in [-0.2, 0) is 6.54 Å². The molecule has 0 saturated heterocycles. The summed E-state index contributed by atoms with van der Waals surface area (Å²) in [7, 11) is 0. The average Bonchev–Trinajstić information content (AvgIpc) is 2.58. The van der Waals surface area contributed by atoms with Crippen LogP contribution >= 0.6 is 15.9 Å². The quantitative estimate of drug-likeness (QED) is 0.716. The molecule has 24 heavy (non-hydrogen) atoms. The van der Waals surface area contributed by atoms with Crippen LogP contribution in [0, 0.1) is 5.82 Å². The summed E-state index contributed by atoms with van der Waals surface area (Å²) >= 11 is 3.22. The Morgan fingerprint density at radius 3 is 2.67 bits per heavy atom. The van der Waals surface area contributed by atoms with Crippen molar-refractivity contribution in [1.82, 2.24) is 14.7 Å². The Balaban J connectivity index is 1.89. The molecule has 122 valence electrons. The largest absolute Gasteiger partial charge is 0.501 e. The van der Waals surface area contributed by atoms with E-state index in [0.29, 0.717) is 10.0 Å². The number of nitrogens with one attached hydrogen (secondary N) is 1. The zero-order chi connectivity index (χ0) is 17.3. The standard InChI is InChI=1S/C16H11BrFN3O3/c17-10-3-6-12-20-13(14(22)16(24)21(12)8-10)15(23)19-7-9-1-4-11(18)5-2-9/h1-6,8,22H,7H2,(H,19,23). The second-order valence-electron chi connectivity index (χ2n) is 5.00. The van der Waals surface area contributed by atoms with E-state index in [0.717, 1.165) is 4.40 Å². The second kappa shape index (κ2) is 6.40. The molecule has 0 aliphatic heterocycles. The smallest absolute Gasteiger partial charge is 0.300 e. The monoisotopic (exact) mass is 391 g/mol. The maximum absolute atomic E-state index is 12.9. The number of amides is 1. The summed E-state index contributed by atoms with van der Waals surface area (Å²) in [4.78, 5) is 28.4. The Bertz CT molecular complexity index is 986. The fraction of sp³-hybridized carbons (Fsp3) is 0.0625. The highest BCUT2D eigenvalue weighted by Crippen LogP contribution is 2.14. The van der Waals surface area contributed by atoms with Crippen molar-refractivity contribution in [3.8, 4) is 5.75 Å². The molecule has 1 amide bonds. The third-order valence-corrected chi connectivity index (χ3v) is 3.81. The van der Waals surface area contributed by atoms with Crippen molar-refractivity contribution in [3.63, 3.8) is 0 Å². The zero-order valence-electron chi connectivity index (χ0n) is 12.2. The molecule has 0 fully saturated rings. The van der Waals surface area contributed by atoms with Gasteiger partial charge in [0.25, 0.3) is 5.91 Å². The van der Waals surface area contributed by atoms with Crippen molar-refractivity contribution in [2.45, 2.75) is 6.54 Å². The van der Waals surface area contributed by atoms with Crippen LogP contribution in [-0.4, -0.2) is 20.4 Å². The van der Waals surface area contributed by atoms with Crippen LogP contribution in [0.2, 0.25) is 0 Å². The molecule has 8 heteroatoms. The number of carbonyl (C=O) groups is 1. The van der Waals surface area contributed by atoms with Crippen LogP contribution in [0.1, 0.15) is 16.1 Å². The average molecular weight is 392 g/mol. The maximum Gasteiger partial charge on any atom is 0.300 e. The van der Waals surface area contributed by atoms with Crippen molar-refractivity contribution < 1.29 is 14.3 Å². The van der Waals surface area contributed by atoms with E-state index in [2.05, 4.69) is 26.2 Å². The van der Waals surface area contributed by atoms with E-state index in [1.165, 1.54) is 30.5 Å². The Hall–Kier alpha value is -2.74. The lowest BCUT2D eigenvalue weighted by Crippen LogP contribution is -2.27. The highest BCUT2D eigenvalue weighted by Gasteiger charge is 2.18. The van der Waals surface area contributed by atoms with Crippen LogP contribution in [0.15, 0.2) is 51.9 Å². The van der Waals surface area contributed by atoms with Gasteiger partial charge in [0.1, 0.15) is 11.5 Å². The third kappa shape index (κ3) is 3.13. The van der Waals surface area contributed by atoms with E-state index < -0.39 is 17.2 Å². The molecule has 3 aromatic rings. The van der Waals surface area contributed by atoms with Crippen LogP contribution in [0.3, 0.4) is 0 Å². The van der Waals surface area contributed by atoms with Gasteiger partial charge in [0.05, 0.1) is 0 Å². The van der Waals surface area contributed by atoms with Crippen molar-refractivity contribution in [2.24, 2.45) is 0 Å². The number of rotatable bonds is 3. The number of hydrogen-bond donors (Lipinski definition) is 2. The van der Waals surface area contributed by atoms with Gasteiger partial charge < -0.3 is 10.4 Å². The maximum atomic E-state index is 12.9. The van der Waals surface area contributed by atoms with Gasteiger partial charge in [0.15, 0.2) is 5.69 Å². The summed E-state index contributed by atoms with van der Waals surface area (Å²) in [5.41, 5.74) is -0.198. The number of hydrogen-bond acceptors (Lipinski definition) is 4. The van der Waals surface area contributed by atoms with E-state index in [1.807, 2.05) is 0 Å². The van der Waals surface area contributed by atoms with Crippen LogP contribution in [0.25, 0.3) is 5.65 Å². The number of aromatic nitrogens is 2. The summed E-state index contributed by atoms with van der Waals surface area (Å²) in [5, 5.41) is 12.5. The second-order valence-corrected chi connectivity index (χ2v) is 5.91. The Morgan fingerprint density at radius 1 is 1.25 bits per heavy atom. The Kier molecular flexibility index (Phi) is 4.30. The predicted octanol–water partition coefficient (Wildman–Crippen LogP) is 2.23. The van der Waals surface area contributed by atoms with Crippen molar-refractivity contribution in [2.75, 3.05) is 0 Å². The summed E-state index contributed by atoms with van der Waals surface area (Å²) < 4.78 is 14.6. The first-order valence-corrected chi connectivity index (χ1v) is 7.68. The summed E-state index contributed by atoms with van der Waals surface area (Å²) in [6.45, 7) is 0.111. The van der Waals surface area contributed by atoms with Crippen LogP contribution in [0.5, 0.6) is 5.75 Å². The minimum absolute atomic E-state index is 0.111. The van der Waals surface area contributed by atoms with Gasteiger partial charge in [-0.2, -0.15) is 0 Å². The van der Waals surface area contributed by atoms with E-state index in [-0.39, 0.29) is 23.7 Å². The molecule has 1 aromatic carbocycles. The van der Waals surface area contributed by atoms with Gasteiger partial charge in [-0.25, -0.2) is 9.37 Å². The van der Waals surface area contributed by atoms with Gasteiger partial charge in [-0.3, -0.25) is 14.0 Å². The molecule has 2 aromatic heterocycles. The fourth-order valence-corrected chi connectivity index (χ4v) is 2.47. The predicted molar refractivity (Wildman–Crippen MR) is 88.4 cm³/mol. The molecule has 0 unspecified atom stereocenters. The minimum Gasteiger partial charge on any atom is -0.501 e. The minimum atomic E-state index is -0.742. The van der Waals surface area contributed by atoms with Gasteiger partial charge in [0.2, 0.25) is 5.75 Å². The molecule has 2 N–H and O–H groups in total. The summed E-state index contributed by atoms with van der Waals surface area (Å²) in [5.74, 6) is -1.81. The Labute approximate surface area is 143 Å². The van der Waals surface area contributed by atoms with E-state index in [1.54, 1.807) is 12.1 Å².